The van der Waals surface area contributed by atoms with Gasteiger partial charge in [0.1, 0.15) is 0 Å². The second-order valence-corrected chi connectivity index (χ2v) is 6.49. The Hall–Kier alpha value is -1.35. The highest BCUT2D eigenvalue weighted by atomic mass is 16.1. The van der Waals surface area contributed by atoms with Crippen LogP contribution in [0.4, 0.5) is 0 Å². The van der Waals surface area contributed by atoms with Crippen LogP contribution in [-0.4, -0.2) is 24.9 Å². The molecule has 1 aliphatic rings. The SMILES string of the molecule is CN(C)Cc1ccccc1CNC(=O)CC1CCCCC1. The quantitative estimate of drug-likeness (QED) is 0.871. The maximum absolute atomic E-state index is 12.1. The van der Waals surface area contributed by atoms with E-state index >= 15 is 0 Å². The van der Waals surface area contributed by atoms with E-state index in [9.17, 15) is 4.79 Å². The van der Waals surface area contributed by atoms with Crippen molar-refractivity contribution in [1.82, 2.24) is 10.2 Å². The smallest absolute Gasteiger partial charge is 0.220 e. The van der Waals surface area contributed by atoms with E-state index in [1.54, 1.807) is 0 Å². The summed E-state index contributed by atoms with van der Waals surface area (Å²) in [5.74, 6) is 0.817. The minimum atomic E-state index is 0.210. The molecule has 3 nitrogen and oxygen atoms in total. The van der Waals surface area contributed by atoms with Gasteiger partial charge in [-0.3, -0.25) is 4.79 Å². The van der Waals surface area contributed by atoms with Crippen molar-refractivity contribution in [2.45, 2.75) is 51.6 Å². The summed E-state index contributed by atoms with van der Waals surface area (Å²) in [4.78, 5) is 14.3. The first-order valence-electron chi connectivity index (χ1n) is 8.13. The van der Waals surface area contributed by atoms with Crippen molar-refractivity contribution < 1.29 is 4.79 Å². The van der Waals surface area contributed by atoms with Gasteiger partial charge in [0.15, 0.2) is 0 Å². The van der Waals surface area contributed by atoms with Gasteiger partial charge in [-0.1, -0.05) is 43.5 Å². The normalized spacial score (nSPS) is 16.1. The topological polar surface area (TPSA) is 32.3 Å². The molecule has 1 amide bonds. The van der Waals surface area contributed by atoms with Gasteiger partial charge in [0.2, 0.25) is 5.91 Å². The lowest BCUT2D eigenvalue weighted by Crippen LogP contribution is -2.26. The van der Waals surface area contributed by atoms with E-state index in [0.29, 0.717) is 18.9 Å². The Balaban J connectivity index is 1.83. The molecule has 1 N–H and O–H groups in total. The third-order valence-electron chi connectivity index (χ3n) is 4.28. The summed E-state index contributed by atoms with van der Waals surface area (Å²) in [6, 6.07) is 8.36. The first-order valence-corrected chi connectivity index (χ1v) is 8.13. The molecule has 0 radical (unpaired) electrons. The lowest BCUT2D eigenvalue weighted by molar-refractivity contribution is -0.122. The van der Waals surface area contributed by atoms with Crippen molar-refractivity contribution >= 4 is 5.91 Å². The number of nitrogens with zero attached hydrogens (tertiary/aromatic N) is 1. The molecule has 21 heavy (non-hydrogen) atoms. The zero-order valence-corrected chi connectivity index (χ0v) is 13.4. The van der Waals surface area contributed by atoms with Gasteiger partial charge in [-0.15, -0.1) is 0 Å². The van der Waals surface area contributed by atoms with Gasteiger partial charge >= 0.3 is 0 Å². The van der Waals surface area contributed by atoms with Gasteiger partial charge in [-0.05, 0) is 44.0 Å². The van der Waals surface area contributed by atoms with E-state index in [0.717, 1.165) is 6.54 Å². The Bertz CT molecular complexity index is 450. The monoisotopic (exact) mass is 288 g/mol. The van der Waals surface area contributed by atoms with Crippen molar-refractivity contribution in [2.24, 2.45) is 5.92 Å². The van der Waals surface area contributed by atoms with Crippen LogP contribution < -0.4 is 5.32 Å². The average molecular weight is 288 g/mol. The number of hydrogen-bond acceptors (Lipinski definition) is 2. The fourth-order valence-corrected chi connectivity index (χ4v) is 3.14. The molecule has 1 saturated carbocycles. The van der Waals surface area contributed by atoms with E-state index in [1.807, 2.05) is 6.07 Å². The number of rotatable bonds is 6. The molecule has 0 saturated heterocycles. The van der Waals surface area contributed by atoms with Gasteiger partial charge in [-0.25, -0.2) is 0 Å². The van der Waals surface area contributed by atoms with Gasteiger partial charge in [-0.2, -0.15) is 0 Å². The summed E-state index contributed by atoms with van der Waals surface area (Å²) in [5.41, 5.74) is 2.52. The molecule has 0 aromatic heterocycles. The summed E-state index contributed by atoms with van der Waals surface area (Å²) in [6.07, 6.45) is 7.09. The minimum Gasteiger partial charge on any atom is -0.352 e. The van der Waals surface area contributed by atoms with Crippen LogP contribution in [0.3, 0.4) is 0 Å². The molecule has 3 heteroatoms. The number of benzene rings is 1. The van der Waals surface area contributed by atoms with Crippen LogP contribution in [0, 0.1) is 5.92 Å². The van der Waals surface area contributed by atoms with Crippen LogP contribution in [0.25, 0.3) is 0 Å². The summed E-state index contributed by atoms with van der Waals surface area (Å²) >= 11 is 0. The van der Waals surface area contributed by atoms with Crippen LogP contribution >= 0.6 is 0 Å². The molecular weight excluding hydrogens is 260 g/mol. The van der Waals surface area contributed by atoms with Crippen LogP contribution in [0.5, 0.6) is 0 Å². The Morgan fingerprint density at radius 1 is 1.14 bits per heavy atom. The number of amides is 1. The zero-order chi connectivity index (χ0) is 15.1. The first kappa shape index (κ1) is 16.0. The highest BCUT2D eigenvalue weighted by molar-refractivity contribution is 5.76. The van der Waals surface area contributed by atoms with Crippen molar-refractivity contribution in [3.05, 3.63) is 35.4 Å². The average Bonchev–Trinajstić information content (AvgIpc) is 2.47. The predicted molar refractivity (Wildman–Crippen MR) is 86.9 cm³/mol. The molecule has 1 aromatic carbocycles. The maximum Gasteiger partial charge on any atom is 0.220 e. The molecule has 1 fully saturated rings. The van der Waals surface area contributed by atoms with Gasteiger partial charge in [0.05, 0.1) is 0 Å². The minimum absolute atomic E-state index is 0.210. The lowest BCUT2D eigenvalue weighted by Gasteiger charge is -2.21. The molecule has 1 aromatic rings. The molecule has 1 aliphatic carbocycles. The first-order chi connectivity index (χ1) is 10.1. The molecule has 2 rings (SSSR count). The second-order valence-electron chi connectivity index (χ2n) is 6.49. The van der Waals surface area contributed by atoms with Gasteiger partial charge < -0.3 is 10.2 Å². The summed E-state index contributed by atoms with van der Waals surface area (Å²) in [6.45, 7) is 1.56. The Labute approximate surface area is 128 Å². The summed E-state index contributed by atoms with van der Waals surface area (Å²) < 4.78 is 0. The van der Waals surface area contributed by atoms with Crippen LogP contribution in [0.15, 0.2) is 24.3 Å². The van der Waals surface area contributed by atoms with E-state index in [2.05, 4.69) is 42.5 Å². The maximum atomic E-state index is 12.1. The van der Waals surface area contributed by atoms with Crippen molar-refractivity contribution in [1.29, 1.82) is 0 Å². The Kier molecular flexibility index (Phi) is 6.24. The number of nitrogens with one attached hydrogen (secondary N) is 1. The van der Waals surface area contributed by atoms with Gasteiger partial charge in [0, 0.05) is 19.5 Å². The summed E-state index contributed by atoms with van der Waals surface area (Å²) in [5, 5.41) is 3.10. The van der Waals surface area contributed by atoms with Crippen molar-refractivity contribution in [2.75, 3.05) is 14.1 Å². The highest BCUT2D eigenvalue weighted by Gasteiger charge is 2.16. The van der Waals surface area contributed by atoms with Crippen molar-refractivity contribution in [3.63, 3.8) is 0 Å². The molecule has 0 unspecified atom stereocenters. The molecule has 0 heterocycles. The second kappa shape index (κ2) is 8.18. The Morgan fingerprint density at radius 2 is 1.81 bits per heavy atom. The molecule has 116 valence electrons. The molecule has 0 spiro atoms. The third kappa shape index (κ3) is 5.50. The van der Waals surface area contributed by atoms with Gasteiger partial charge in [0.25, 0.3) is 0 Å². The molecule has 0 atom stereocenters. The van der Waals surface area contributed by atoms with Crippen molar-refractivity contribution in [3.8, 4) is 0 Å². The van der Waals surface area contributed by atoms with Crippen LogP contribution in [0.2, 0.25) is 0 Å². The molecule has 0 bridgehead atoms. The zero-order valence-electron chi connectivity index (χ0n) is 13.4. The lowest BCUT2D eigenvalue weighted by atomic mass is 9.87. The highest BCUT2D eigenvalue weighted by Crippen LogP contribution is 2.26. The predicted octanol–water partition coefficient (Wildman–Crippen LogP) is 3.33. The van der Waals surface area contributed by atoms with E-state index in [-0.39, 0.29) is 5.91 Å². The standard InChI is InChI=1S/C18H28N2O/c1-20(2)14-17-11-7-6-10-16(17)13-19-18(21)12-15-8-4-3-5-9-15/h6-7,10-11,15H,3-5,8-9,12-14H2,1-2H3,(H,19,21). The number of hydrogen-bond donors (Lipinski definition) is 1. The van der Waals surface area contributed by atoms with Crippen LogP contribution in [-0.2, 0) is 17.9 Å². The summed E-state index contributed by atoms with van der Waals surface area (Å²) in [7, 11) is 4.14. The van der Waals surface area contributed by atoms with Crippen LogP contribution in [0.1, 0.15) is 49.7 Å². The molecule has 0 aliphatic heterocycles. The van der Waals surface area contributed by atoms with E-state index in [4.69, 9.17) is 0 Å². The largest absolute Gasteiger partial charge is 0.352 e. The van der Waals surface area contributed by atoms with E-state index < -0.39 is 0 Å². The van der Waals surface area contributed by atoms with E-state index in [1.165, 1.54) is 43.2 Å². The number of carbonyl (C=O) groups excluding carboxylic acids is 1. The Morgan fingerprint density at radius 3 is 2.48 bits per heavy atom. The fraction of sp³-hybridized carbons (Fsp3) is 0.611. The third-order valence-corrected chi connectivity index (χ3v) is 4.28. The molecular formula is C18H28N2O. The number of carbonyl (C=O) groups is 1. The fourth-order valence-electron chi connectivity index (χ4n) is 3.14.